The SMILES string of the molecule is COC(=O)CC1(CN)CCN(C)CC1. The van der Waals surface area contributed by atoms with Crippen LogP contribution in [-0.4, -0.2) is 44.7 Å². The van der Waals surface area contributed by atoms with E-state index in [1.54, 1.807) is 0 Å². The van der Waals surface area contributed by atoms with Gasteiger partial charge in [-0.15, -0.1) is 0 Å². The number of carbonyl (C=O) groups is 1. The lowest BCUT2D eigenvalue weighted by atomic mass is 9.76. The average Bonchev–Trinajstić information content (AvgIpc) is 2.22. The van der Waals surface area contributed by atoms with Gasteiger partial charge in [-0.3, -0.25) is 4.79 Å². The highest BCUT2D eigenvalue weighted by Gasteiger charge is 2.34. The van der Waals surface area contributed by atoms with Gasteiger partial charge in [0, 0.05) is 0 Å². The van der Waals surface area contributed by atoms with E-state index in [0.717, 1.165) is 25.9 Å². The van der Waals surface area contributed by atoms with Gasteiger partial charge in [-0.05, 0) is 44.9 Å². The minimum absolute atomic E-state index is 0.0143. The molecule has 0 atom stereocenters. The molecule has 0 bridgehead atoms. The number of piperidine rings is 1. The van der Waals surface area contributed by atoms with Gasteiger partial charge < -0.3 is 15.4 Å². The van der Waals surface area contributed by atoms with E-state index in [-0.39, 0.29) is 11.4 Å². The predicted molar refractivity (Wildman–Crippen MR) is 54.9 cm³/mol. The maximum atomic E-state index is 11.2. The molecule has 14 heavy (non-hydrogen) atoms. The topological polar surface area (TPSA) is 55.6 Å². The van der Waals surface area contributed by atoms with Gasteiger partial charge in [0.1, 0.15) is 0 Å². The number of likely N-dealkylation sites (tertiary alicyclic amines) is 1. The molecule has 0 aromatic heterocycles. The first-order valence-electron chi connectivity index (χ1n) is 5.07. The summed E-state index contributed by atoms with van der Waals surface area (Å²) in [7, 11) is 3.53. The van der Waals surface area contributed by atoms with Gasteiger partial charge in [-0.2, -0.15) is 0 Å². The number of ether oxygens (including phenoxy) is 1. The van der Waals surface area contributed by atoms with Crippen molar-refractivity contribution < 1.29 is 9.53 Å². The summed E-state index contributed by atoms with van der Waals surface area (Å²) in [6.07, 6.45) is 2.46. The van der Waals surface area contributed by atoms with E-state index >= 15 is 0 Å². The second-order valence-electron chi connectivity index (χ2n) is 4.26. The summed E-state index contributed by atoms with van der Waals surface area (Å²) in [5.74, 6) is -0.139. The number of nitrogens with two attached hydrogens (primary N) is 1. The van der Waals surface area contributed by atoms with Crippen LogP contribution in [0.3, 0.4) is 0 Å². The normalized spacial score (nSPS) is 21.9. The molecule has 1 fully saturated rings. The lowest BCUT2D eigenvalue weighted by molar-refractivity contribution is -0.144. The van der Waals surface area contributed by atoms with Crippen molar-refractivity contribution >= 4 is 5.97 Å². The third-order valence-corrected chi connectivity index (χ3v) is 3.23. The number of rotatable bonds is 3. The lowest BCUT2D eigenvalue weighted by Gasteiger charge is -2.39. The fourth-order valence-corrected chi connectivity index (χ4v) is 1.92. The Morgan fingerprint density at radius 1 is 1.50 bits per heavy atom. The Morgan fingerprint density at radius 2 is 2.07 bits per heavy atom. The number of nitrogens with zero attached hydrogens (tertiary/aromatic N) is 1. The molecule has 1 saturated heterocycles. The molecule has 1 aliphatic heterocycles. The number of carbonyl (C=O) groups excluding carboxylic acids is 1. The molecule has 0 radical (unpaired) electrons. The Morgan fingerprint density at radius 3 is 2.50 bits per heavy atom. The summed E-state index contributed by atoms with van der Waals surface area (Å²) >= 11 is 0. The average molecular weight is 200 g/mol. The predicted octanol–water partition coefficient (Wildman–Crippen LogP) is 0.220. The van der Waals surface area contributed by atoms with Crippen LogP contribution in [0.25, 0.3) is 0 Å². The van der Waals surface area contributed by atoms with Crippen molar-refractivity contribution in [3.05, 3.63) is 0 Å². The highest BCUT2D eigenvalue weighted by Crippen LogP contribution is 2.33. The Balaban J connectivity index is 2.54. The molecule has 2 N–H and O–H groups in total. The van der Waals surface area contributed by atoms with Crippen LogP contribution in [0.4, 0.5) is 0 Å². The molecule has 0 aromatic rings. The van der Waals surface area contributed by atoms with Crippen LogP contribution in [0, 0.1) is 5.41 Å². The van der Waals surface area contributed by atoms with Gasteiger partial charge in [0.05, 0.1) is 13.5 Å². The Bertz CT molecular complexity index is 198. The molecule has 0 aliphatic carbocycles. The molecule has 0 aromatic carbocycles. The van der Waals surface area contributed by atoms with Crippen molar-refractivity contribution in [2.45, 2.75) is 19.3 Å². The van der Waals surface area contributed by atoms with E-state index < -0.39 is 0 Å². The molecular formula is C10H20N2O2. The monoisotopic (exact) mass is 200 g/mol. The lowest BCUT2D eigenvalue weighted by Crippen LogP contribution is -2.43. The van der Waals surface area contributed by atoms with Crippen LogP contribution >= 0.6 is 0 Å². The second kappa shape index (κ2) is 4.75. The highest BCUT2D eigenvalue weighted by atomic mass is 16.5. The zero-order chi connectivity index (χ0) is 10.6. The first kappa shape index (κ1) is 11.5. The maximum absolute atomic E-state index is 11.2. The molecule has 1 aliphatic rings. The molecule has 0 spiro atoms. The second-order valence-corrected chi connectivity index (χ2v) is 4.26. The summed E-state index contributed by atoms with van der Waals surface area (Å²) < 4.78 is 4.70. The molecule has 0 unspecified atom stereocenters. The molecule has 4 nitrogen and oxygen atoms in total. The van der Waals surface area contributed by atoms with Crippen LogP contribution in [-0.2, 0) is 9.53 Å². The number of esters is 1. The van der Waals surface area contributed by atoms with Gasteiger partial charge in [0.2, 0.25) is 0 Å². The van der Waals surface area contributed by atoms with Gasteiger partial charge in [0.15, 0.2) is 0 Å². The number of hydrogen-bond acceptors (Lipinski definition) is 4. The molecule has 82 valence electrons. The van der Waals surface area contributed by atoms with Crippen LogP contribution < -0.4 is 5.73 Å². The van der Waals surface area contributed by atoms with Crippen molar-refractivity contribution in [1.82, 2.24) is 4.90 Å². The van der Waals surface area contributed by atoms with Crippen molar-refractivity contribution in [2.75, 3.05) is 33.8 Å². The van der Waals surface area contributed by atoms with Crippen LogP contribution in [0.15, 0.2) is 0 Å². The van der Waals surface area contributed by atoms with Crippen molar-refractivity contribution in [1.29, 1.82) is 0 Å². The third kappa shape index (κ3) is 2.69. The first-order chi connectivity index (χ1) is 6.62. The standard InChI is InChI=1S/C10H20N2O2/c1-12-5-3-10(8-11,4-6-12)7-9(13)14-2/h3-8,11H2,1-2H3. The molecule has 0 saturated carbocycles. The number of hydrogen-bond donors (Lipinski definition) is 1. The highest BCUT2D eigenvalue weighted by molar-refractivity contribution is 5.70. The van der Waals surface area contributed by atoms with Crippen molar-refractivity contribution in [3.63, 3.8) is 0 Å². The van der Waals surface area contributed by atoms with E-state index in [2.05, 4.69) is 11.9 Å². The first-order valence-corrected chi connectivity index (χ1v) is 5.07. The van der Waals surface area contributed by atoms with E-state index in [1.165, 1.54) is 7.11 Å². The van der Waals surface area contributed by atoms with Gasteiger partial charge in [0.25, 0.3) is 0 Å². The van der Waals surface area contributed by atoms with Gasteiger partial charge >= 0.3 is 5.97 Å². The molecule has 4 heteroatoms. The van der Waals surface area contributed by atoms with Gasteiger partial charge in [-0.25, -0.2) is 0 Å². The van der Waals surface area contributed by atoms with E-state index in [4.69, 9.17) is 10.5 Å². The molecule has 0 amide bonds. The zero-order valence-corrected chi connectivity index (χ0v) is 9.08. The van der Waals surface area contributed by atoms with Crippen LogP contribution in [0.5, 0.6) is 0 Å². The van der Waals surface area contributed by atoms with Gasteiger partial charge in [-0.1, -0.05) is 0 Å². The summed E-state index contributed by atoms with van der Waals surface area (Å²) in [6.45, 7) is 2.62. The summed E-state index contributed by atoms with van der Waals surface area (Å²) in [5, 5.41) is 0. The molecular weight excluding hydrogens is 180 g/mol. The van der Waals surface area contributed by atoms with Crippen LogP contribution in [0.2, 0.25) is 0 Å². The van der Waals surface area contributed by atoms with Crippen LogP contribution in [0.1, 0.15) is 19.3 Å². The Labute approximate surface area is 85.4 Å². The number of methoxy groups -OCH3 is 1. The third-order valence-electron chi connectivity index (χ3n) is 3.23. The Kier molecular flexibility index (Phi) is 3.89. The molecule has 1 rings (SSSR count). The van der Waals surface area contributed by atoms with E-state index in [1.807, 2.05) is 0 Å². The maximum Gasteiger partial charge on any atom is 0.306 e. The quantitative estimate of drug-likeness (QED) is 0.662. The fourth-order valence-electron chi connectivity index (χ4n) is 1.92. The summed E-state index contributed by atoms with van der Waals surface area (Å²) in [6, 6.07) is 0. The zero-order valence-electron chi connectivity index (χ0n) is 9.08. The Hall–Kier alpha value is -0.610. The largest absolute Gasteiger partial charge is 0.469 e. The van der Waals surface area contributed by atoms with Crippen molar-refractivity contribution in [2.24, 2.45) is 11.1 Å². The fraction of sp³-hybridized carbons (Fsp3) is 0.900. The summed E-state index contributed by atoms with van der Waals surface area (Å²) in [4.78, 5) is 13.5. The minimum Gasteiger partial charge on any atom is -0.469 e. The minimum atomic E-state index is -0.139. The van der Waals surface area contributed by atoms with Crippen molar-refractivity contribution in [3.8, 4) is 0 Å². The molecule has 1 heterocycles. The van der Waals surface area contributed by atoms with E-state index in [9.17, 15) is 4.79 Å². The smallest absolute Gasteiger partial charge is 0.306 e. The van der Waals surface area contributed by atoms with E-state index in [0.29, 0.717) is 13.0 Å². The summed E-state index contributed by atoms with van der Waals surface area (Å²) in [5.41, 5.74) is 5.75.